The van der Waals surface area contributed by atoms with E-state index in [1.165, 1.54) is 7.11 Å². The molecule has 0 amide bonds. The number of halogens is 1. The van der Waals surface area contributed by atoms with E-state index in [4.69, 9.17) is 15.2 Å². The summed E-state index contributed by atoms with van der Waals surface area (Å²) in [6.07, 6.45) is 1.78. The summed E-state index contributed by atoms with van der Waals surface area (Å²) in [5.74, 6) is 0.136. The number of unbranched alkanes of at least 4 members (excludes halogenated alkanes) is 1. The fourth-order valence-electron chi connectivity index (χ4n) is 1.33. The van der Waals surface area contributed by atoms with Crippen LogP contribution < -0.4 is 10.5 Å². The van der Waals surface area contributed by atoms with E-state index >= 15 is 0 Å². The molecular formula is C12H16BrNO3. The number of nitrogens with two attached hydrogens (primary N) is 1. The van der Waals surface area contributed by atoms with Crippen LogP contribution in [-0.4, -0.2) is 26.2 Å². The van der Waals surface area contributed by atoms with Gasteiger partial charge in [0.25, 0.3) is 0 Å². The van der Waals surface area contributed by atoms with Gasteiger partial charge in [-0.15, -0.1) is 0 Å². The largest absolute Gasteiger partial charge is 0.493 e. The van der Waals surface area contributed by atoms with Crippen LogP contribution in [0.5, 0.6) is 5.75 Å². The molecule has 1 rings (SSSR count). The first-order chi connectivity index (χ1) is 8.19. The summed E-state index contributed by atoms with van der Waals surface area (Å²) in [6.45, 7) is 1.19. The molecule has 0 aliphatic heterocycles. The molecule has 0 saturated carbocycles. The third kappa shape index (κ3) is 4.36. The summed E-state index contributed by atoms with van der Waals surface area (Å²) in [6, 6.07) is 5.26. The van der Waals surface area contributed by atoms with Crippen LogP contribution in [0, 0.1) is 0 Å². The summed E-state index contributed by atoms with van der Waals surface area (Å²) in [5.41, 5.74) is 5.82. The number of hydrogen-bond donors (Lipinski definition) is 1. The number of ether oxygens (including phenoxy) is 2. The zero-order valence-electron chi connectivity index (χ0n) is 9.74. The monoisotopic (exact) mass is 301 g/mol. The minimum absolute atomic E-state index is 0.403. The van der Waals surface area contributed by atoms with Gasteiger partial charge in [0.05, 0.1) is 13.7 Å². The molecule has 2 N–H and O–H groups in total. The molecule has 0 bridgehead atoms. The zero-order valence-corrected chi connectivity index (χ0v) is 11.3. The van der Waals surface area contributed by atoms with Crippen molar-refractivity contribution < 1.29 is 14.3 Å². The molecule has 0 spiro atoms. The van der Waals surface area contributed by atoms with Crippen LogP contribution in [0.3, 0.4) is 0 Å². The molecule has 0 radical (unpaired) electrons. The number of benzene rings is 1. The highest BCUT2D eigenvalue weighted by molar-refractivity contribution is 9.10. The van der Waals surface area contributed by atoms with Gasteiger partial charge < -0.3 is 15.2 Å². The van der Waals surface area contributed by atoms with Crippen LogP contribution in [0.25, 0.3) is 0 Å². The first-order valence-corrected chi connectivity index (χ1v) is 6.19. The maximum absolute atomic E-state index is 11.5. The summed E-state index contributed by atoms with van der Waals surface area (Å²) in [5, 5.41) is 0. The van der Waals surface area contributed by atoms with Crippen LogP contribution in [0.15, 0.2) is 22.7 Å². The molecule has 1 aromatic rings. The van der Waals surface area contributed by atoms with Crippen LogP contribution in [-0.2, 0) is 4.74 Å². The van der Waals surface area contributed by atoms with Crippen molar-refractivity contribution in [2.45, 2.75) is 12.8 Å². The Hall–Kier alpha value is -1.07. The van der Waals surface area contributed by atoms with Crippen LogP contribution in [0.4, 0.5) is 0 Å². The van der Waals surface area contributed by atoms with E-state index in [2.05, 4.69) is 15.9 Å². The molecule has 0 fully saturated rings. The number of hydrogen-bond acceptors (Lipinski definition) is 4. The number of rotatable bonds is 6. The second-order valence-electron chi connectivity index (χ2n) is 3.48. The summed E-state index contributed by atoms with van der Waals surface area (Å²) >= 11 is 3.31. The molecule has 0 aliphatic carbocycles. The second kappa shape index (κ2) is 7.29. The van der Waals surface area contributed by atoms with Crippen molar-refractivity contribution in [2.75, 3.05) is 20.3 Å². The number of carbonyl (C=O) groups is 1. The lowest BCUT2D eigenvalue weighted by atomic mass is 10.2. The molecule has 4 nitrogen and oxygen atoms in total. The van der Waals surface area contributed by atoms with Crippen molar-refractivity contribution >= 4 is 21.9 Å². The summed E-state index contributed by atoms with van der Waals surface area (Å²) in [4.78, 5) is 11.5. The quantitative estimate of drug-likeness (QED) is 0.647. The summed E-state index contributed by atoms with van der Waals surface area (Å²) in [7, 11) is 1.35. The normalized spacial score (nSPS) is 10.1. The Balaban J connectivity index is 2.72. The highest BCUT2D eigenvalue weighted by atomic mass is 79.9. The van der Waals surface area contributed by atoms with E-state index in [-0.39, 0.29) is 0 Å². The predicted molar refractivity (Wildman–Crippen MR) is 69.3 cm³/mol. The van der Waals surface area contributed by atoms with Crippen molar-refractivity contribution in [1.82, 2.24) is 0 Å². The summed E-state index contributed by atoms with van der Waals surface area (Å²) < 4.78 is 11.1. The maximum Gasteiger partial charge on any atom is 0.341 e. The molecular weight excluding hydrogens is 286 g/mol. The zero-order chi connectivity index (χ0) is 12.7. The Morgan fingerprint density at radius 2 is 2.18 bits per heavy atom. The Morgan fingerprint density at radius 3 is 2.82 bits per heavy atom. The Bertz CT molecular complexity index is 382. The van der Waals surface area contributed by atoms with Gasteiger partial charge in [0, 0.05) is 4.47 Å². The van der Waals surface area contributed by atoms with E-state index in [1.807, 2.05) is 6.07 Å². The first-order valence-electron chi connectivity index (χ1n) is 5.39. The van der Waals surface area contributed by atoms with Crippen molar-refractivity contribution in [2.24, 2.45) is 5.73 Å². The molecule has 17 heavy (non-hydrogen) atoms. The first kappa shape index (κ1) is 14.0. The van der Waals surface area contributed by atoms with Crippen LogP contribution >= 0.6 is 15.9 Å². The fourth-order valence-corrected chi connectivity index (χ4v) is 1.69. The Kier molecular flexibility index (Phi) is 6.00. The van der Waals surface area contributed by atoms with Crippen molar-refractivity contribution in [1.29, 1.82) is 0 Å². The van der Waals surface area contributed by atoms with Crippen LogP contribution in [0.1, 0.15) is 23.2 Å². The molecule has 0 heterocycles. The fraction of sp³-hybridized carbons (Fsp3) is 0.417. The van der Waals surface area contributed by atoms with Crippen molar-refractivity contribution in [3.05, 3.63) is 28.2 Å². The molecule has 5 heteroatoms. The molecule has 1 aromatic carbocycles. The lowest BCUT2D eigenvalue weighted by Gasteiger charge is -2.10. The lowest BCUT2D eigenvalue weighted by Crippen LogP contribution is -2.08. The van der Waals surface area contributed by atoms with Gasteiger partial charge in [-0.05, 0) is 37.6 Å². The van der Waals surface area contributed by atoms with E-state index < -0.39 is 5.97 Å². The second-order valence-corrected chi connectivity index (χ2v) is 4.39. The van der Waals surface area contributed by atoms with Gasteiger partial charge in [-0.2, -0.15) is 0 Å². The van der Waals surface area contributed by atoms with Crippen molar-refractivity contribution in [3.8, 4) is 5.75 Å². The van der Waals surface area contributed by atoms with E-state index in [1.54, 1.807) is 12.1 Å². The van der Waals surface area contributed by atoms with E-state index in [9.17, 15) is 4.79 Å². The maximum atomic E-state index is 11.5. The molecule has 94 valence electrons. The van der Waals surface area contributed by atoms with Crippen LogP contribution in [0.2, 0.25) is 0 Å². The molecule has 0 unspecified atom stereocenters. The Labute approximate surface area is 109 Å². The highest BCUT2D eigenvalue weighted by Crippen LogP contribution is 2.24. The molecule has 0 aromatic heterocycles. The average Bonchev–Trinajstić information content (AvgIpc) is 2.35. The minimum atomic E-state index is -0.403. The van der Waals surface area contributed by atoms with Gasteiger partial charge in [0.2, 0.25) is 0 Å². The molecule has 0 saturated heterocycles. The average molecular weight is 302 g/mol. The molecule has 0 atom stereocenters. The smallest absolute Gasteiger partial charge is 0.341 e. The topological polar surface area (TPSA) is 61.5 Å². The number of carbonyl (C=O) groups excluding carboxylic acids is 1. The third-order valence-electron chi connectivity index (χ3n) is 2.20. The highest BCUT2D eigenvalue weighted by Gasteiger charge is 2.13. The van der Waals surface area contributed by atoms with Gasteiger partial charge in [0.15, 0.2) is 0 Å². The van der Waals surface area contributed by atoms with Crippen molar-refractivity contribution in [3.63, 3.8) is 0 Å². The Morgan fingerprint density at radius 1 is 1.41 bits per heavy atom. The standard InChI is InChI=1S/C12H16BrNO3/c1-16-12(15)10-8-9(13)4-5-11(10)17-7-3-2-6-14/h4-5,8H,2-3,6-7,14H2,1H3. The molecule has 0 aliphatic rings. The lowest BCUT2D eigenvalue weighted by molar-refractivity contribution is 0.0596. The van der Waals surface area contributed by atoms with E-state index in [0.29, 0.717) is 24.5 Å². The van der Waals surface area contributed by atoms with Gasteiger partial charge >= 0.3 is 5.97 Å². The van der Waals surface area contributed by atoms with Gasteiger partial charge in [-0.25, -0.2) is 4.79 Å². The number of methoxy groups -OCH3 is 1. The van der Waals surface area contributed by atoms with Gasteiger partial charge in [-0.3, -0.25) is 0 Å². The van der Waals surface area contributed by atoms with Gasteiger partial charge in [-0.1, -0.05) is 15.9 Å². The SMILES string of the molecule is COC(=O)c1cc(Br)ccc1OCCCCN. The number of esters is 1. The minimum Gasteiger partial charge on any atom is -0.493 e. The van der Waals surface area contributed by atoms with Gasteiger partial charge in [0.1, 0.15) is 11.3 Å². The van der Waals surface area contributed by atoms with E-state index in [0.717, 1.165) is 17.3 Å². The third-order valence-corrected chi connectivity index (χ3v) is 2.70. The predicted octanol–water partition coefficient (Wildman–Crippen LogP) is 2.35.